The average Bonchev–Trinajstić information content (AvgIpc) is 2.62. The number of hydrogen-bond acceptors (Lipinski definition) is 6. The Labute approximate surface area is 141 Å². The summed E-state index contributed by atoms with van der Waals surface area (Å²) in [4.78, 5) is 20.4. The van der Waals surface area contributed by atoms with Crippen LogP contribution in [0.15, 0.2) is 30.6 Å². The van der Waals surface area contributed by atoms with Gasteiger partial charge >= 0.3 is 0 Å². The number of ether oxygens (including phenoxy) is 2. The van der Waals surface area contributed by atoms with Crippen LogP contribution in [0.5, 0.6) is 11.5 Å². The highest BCUT2D eigenvalue weighted by atomic mass is 16.5. The van der Waals surface area contributed by atoms with Gasteiger partial charge in [-0.3, -0.25) is 4.79 Å². The van der Waals surface area contributed by atoms with Crippen molar-refractivity contribution in [3.05, 3.63) is 36.2 Å². The monoisotopic (exact) mass is 330 g/mol. The maximum Gasteiger partial charge on any atom is 0.254 e. The molecule has 1 unspecified atom stereocenters. The predicted molar refractivity (Wildman–Crippen MR) is 92.1 cm³/mol. The zero-order valence-electron chi connectivity index (χ0n) is 14.3. The summed E-state index contributed by atoms with van der Waals surface area (Å²) in [5, 5.41) is 5.93. The topological polar surface area (TPSA) is 85.4 Å². The molecule has 0 aliphatic rings. The van der Waals surface area contributed by atoms with Crippen molar-refractivity contribution in [1.29, 1.82) is 0 Å². The van der Waals surface area contributed by atoms with E-state index in [0.29, 0.717) is 28.7 Å². The lowest BCUT2D eigenvalue weighted by molar-refractivity contribution is 0.0938. The molecular formula is C17H22N4O3. The van der Waals surface area contributed by atoms with E-state index in [1.54, 1.807) is 26.4 Å². The second-order valence-electron chi connectivity index (χ2n) is 5.27. The van der Waals surface area contributed by atoms with Gasteiger partial charge in [0.15, 0.2) is 0 Å². The summed E-state index contributed by atoms with van der Waals surface area (Å²) >= 11 is 0. The van der Waals surface area contributed by atoms with Crippen molar-refractivity contribution < 1.29 is 14.3 Å². The molecule has 2 rings (SSSR count). The van der Waals surface area contributed by atoms with Crippen LogP contribution in [0.2, 0.25) is 0 Å². The van der Waals surface area contributed by atoms with Gasteiger partial charge in [0.2, 0.25) is 5.95 Å². The number of aromatic nitrogens is 2. The van der Waals surface area contributed by atoms with Crippen LogP contribution in [0, 0.1) is 0 Å². The highest BCUT2D eigenvalue weighted by molar-refractivity contribution is 5.93. The van der Waals surface area contributed by atoms with Gasteiger partial charge in [-0.1, -0.05) is 6.92 Å². The minimum Gasteiger partial charge on any atom is -0.497 e. The van der Waals surface area contributed by atoms with Gasteiger partial charge in [-0.2, -0.15) is 0 Å². The Morgan fingerprint density at radius 1 is 1.21 bits per heavy atom. The van der Waals surface area contributed by atoms with E-state index in [4.69, 9.17) is 9.47 Å². The number of carbonyl (C=O) groups excluding carboxylic acids is 1. The lowest BCUT2D eigenvalue weighted by Crippen LogP contribution is -2.32. The summed E-state index contributed by atoms with van der Waals surface area (Å²) in [5.74, 6) is 1.49. The highest BCUT2D eigenvalue weighted by Gasteiger charge is 2.11. The van der Waals surface area contributed by atoms with Gasteiger partial charge in [-0.25, -0.2) is 9.97 Å². The van der Waals surface area contributed by atoms with Crippen LogP contribution in [-0.2, 0) is 0 Å². The molecule has 0 spiro atoms. The summed E-state index contributed by atoms with van der Waals surface area (Å²) in [6.07, 6.45) is 3.84. The minimum atomic E-state index is -0.182. The van der Waals surface area contributed by atoms with E-state index in [0.717, 1.165) is 6.42 Å². The number of nitrogens with zero attached hydrogens (tertiary/aromatic N) is 2. The molecule has 2 aromatic rings. The van der Waals surface area contributed by atoms with E-state index >= 15 is 0 Å². The van der Waals surface area contributed by atoms with Crippen molar-refractivity contribution in [2.75, 3.05) is 19.5 Å². The van der Waals surface area contributed by atoms with Crippen molar-refractivity contribution in [2.24, 2.45) is 0 Å². The van der Waals surface area contributed by atoms with Crippen molar-refractivity contribution in [3.8, 4) is 11.5 Å². The van der Waals surface area contributed by atoms with Gasteiger partial charge in [0, 0.05) is 24.5 Å². The highest BCUT2D eigenvalue weighted by Crippen LogP contribution is 2.30. The Kier molecular flexibility index (Phi) is 5.95. The SMILES string of the molecule is CCC(C)NC(=O)c1cnc(Nc2ccc(OC)cc2OC)nc1. The first-order valence-corrected chi connectivity index (χ1v) is 7.69. The maximum absolute atomic E-state index is 12.0. The molecule has 0 saturated heterocycles. The number of carbonyl (C=O) groups is 1. The van der Waals surface area contributed by atoms with Crippen LogP contribution < -0.4 is 20.1 Å². The summed E-state index contributed by atoms with van der Waals surface area (Å²) in [6.45, 7) is 3.96. The zero-order valence-corrected chi connectivity index (χ0v) is 14.3. The van der Waals surface area contributed by atoms with Crippen LogP contribution in [0.3, 0.4) is 0 Å². The van der Waals surface area contributed by atoms with E-state index < -0.39 is 0 Å². The molecule has 7 heteroatoms. The van der Waals surface area contributed by atoms with Crippen LogP contribution in [0.25, 0.3) is 0 Å². The first-order chi connectivity index (χ1) is 11.6. The molecule has 0 aliphatic heterocycles. The third-order valence-corrected chi connectivity index (χ3v) is 3.56. The molecule has 0 aliphatic carbocycles. The number of methoxy groups -OCH3 is 2. The second kappa shape index (κ2) is 8.14. The molecule has 0 saturated carbocycles. The standard InChI is InChI=1S/C17H22N4O3/c1-5-11(2)20-16(22)12-9-18-17(19-10-12)21-14-7-6-13(23-3)8-15(14)24-4/h6-11H,5H2,1-4H3,(H,20,22)(H,18,19,21). The maximum atomic E-state index is 12.0. The van der Waals surface area contributed by atoms with E-state index in [2.05, 4.69) is 20.6 Å². The number of rotatable bonds is 7. The number of anilines is 2. The molecule has 24 heavy (non-hydrogen) atoms. The third-order valence-electron chi connectivity index (χ3n) is 3.56. The molecule has 1 amide bonds. The van der Waals surface area contributed by atoms with Gasteiger partial charge in [-0.15, -0.1) is 0 Å². The van der Waals surface area contributed by atoms with Crippen LogP contribution in [0.1, 0.15) is 30.6 Å². The normalized spacial score (nSPS) is 11.5. The number of hydrogen-bond donors (Lipinski definition) is 2. The van der Waals surface area contributed by atoms with E-state index in [1.165, 1.54) is 12.4 Å². The smallest absolute Gasteiger partial charge is 0.254 e. The molecule has 0 fully saturated rings. The fraction of sp³-hybridized carbons (Fsp3) is 0.353. The Morgan fingerprint density at radius 2 is 1.92 bits per heavy atom. The number of benzene rings is 1. The lowest BCUT2D eigenvalue weighted by atomic mass is 10.2. The molecule has 7 nitrogen and oxygen atoms in total. The summed E-state index contributed by atoms with van der Waals surface area (Å²) in [5.41, 5.74) is 1.12. The van der Waals surface area contributed by atoms with Gasteiger partial charge in [-0.05, 0) is 25.5 Å². The molecule has 1 heterocycles. The van der Waals surface area contributed by atoms with Gasteiger partial charge in [0.1, 0.15) is 11.5 Å². The molecule has 1 atom stereocenters. The fourth-order valence-electron chi connectivity index (χ4n) is 1.94. The van der Waals surface area contributed by atoms with E-state index in [1.807, 2.05) is 19.9 Å². The predicted octanol–water partition coefficient (Wildman–Crippen LogP) is 2.77. The molecular weight excluding hydrogens is 308 g/mol. The average molecular weight is 330 g/mol. The third kappa shape index (κ3) is 4.34. The Balaban J connectivity index is 2.10. The van der Waals surface area contributed by atoms with Crippen molar-refractivity contribution >= 4 is 17.5 Å². The number of amides is 1. The van der Waals surface area contributed by atoms with Crippen molar-refractivity contribution in [2.45, 2.75) is 26.3 Å². The molecule has 0 radical (unpaired) electrons. The summed E-state index contributed by atoms with van der Waals surface area (Å²) in [6, 6.07) is 5.48. The summed E-state index contributed by atoms with van der Waals surface area (Å²) in [7, 11) is 3.16. The van der Waals surface area contributed by atoms with Crippen molar-refractivity contribution in [1.82, 2.24) is 15.3 Å². The Bertz CT molecular complexity index is 689. The quantitative estimate of drug-likeness (QED) is 0.812. The molecule has 128 valence electrons. The Morgan fingerprint density at radius 3 is 2.50 bits per heavy atom. The first-order valence-electron chi connectivity index (χ1n) is 7.69. The van der Waals surface area contributed by atoms with Crippen molar-refractivity contribution in [3.63, 3.8) is 0 Å². The van der Waals surface area contributed by atoms with Gasteiger partial charge in [0.25, 0.3) is 5.91 Å². The van der Waals surface area contributed by atoms with Gasteiger partial charge in [0.05, 0.1) is 25.5 Å². The first kappa shape index (κ1) is 17.5. The molecule has 1 aromatic heterocycles. The molecule has 1 aromatic carbocycles. The van der Waals surface area contributed by atoms with Crippen LogP contribution in [0.4, 0.5) is 11.6 Å². The van der Waals surface area contributed by atoms with Crippen LogP contribution in [-0.4, -0.2) is 36.1 Å². The van der Waals surface area contributed by atoms with E-state index in [9.17, 15) is 4.79 Å². The second-order valence-corrected chi connectivity index (χ2v) is 5.27. The van der Waals surface area contributed by atoms with Crippen LogP contribution >= 0.6 is 0 Å². The zero-order chi connectivity index (χ0) is 17.5. The minimum absolute atomic E-state index is 0.110. The van der Waals surface area contributed by atoms with Gasteiger partial charge < -0.3 is 20.1 Å². The molecule has 0 bridgehead atoms. The fourth-order valence-corrected chi connectivity index (χ4v) is 1.94. The van der Waals surface area contributed by atoms with E-state index in [-0.39, 0.29) is 11.9 Å². The number of nitrogens with one attached hydrogen (secondary N) is 2. The largest absolute Gasteiger partial charge is 0.497 e. The molecule has 2 N–H and O–H groups in total. The Hall–Kier alpha value is -2.83. The summed E-state index contributed by atoms with van der Waals surface area (Å²) < 4.78 is 10.5. The lowest BCUT2D eigenvalue weighted by Gasteiger charge is -2.12.